The van der Waals surface area contributed by atoms with Crippen molar-refractivity contribution >= 4 is 23.1 Å². The van der Waals surface area contributed by atoms with E-state index < -0.39 is 0 Å². The lowest BCUT2D eigenvalue weighted by Gasteiger charge is -2.32. The van der Waals surface area contributed by atoms with Crippen molar-refractivity contribution in [3.05, 3.63) is 68.6 Å². The second-order valence-corrected chi connectivity index (χ2v) is 8.43. The minimum Gasteiger partial charge on any atom is -0.488 e. The summed E-state index contributed by atoms with van der Waals surface area (Å²) >= 11 is 5.91. The molecule has 5 nitrogen and oxygen atoms in total. The zero-order valence-corrected chi connectivity index (χ0v) is 16.7. The predicted octanol–water partition coefficient (Wildman–Crippen LogP) is 3.84. The molecule has 1 atom stereocenters. The summed E-state index contributed by atoms with van der Waals surface area (Å²) in [7, 11) is 0. The van der Waals surface area contributed by atoms with E-state index in [-0.39, 0.29) is 28.1 Å². The Labute approximate surface area is 168 Å². The third-order valence-electron chi connectivity index (χ3n) is 5.30. The number of rotatable bonds is 3. The van der Waals surface area contributed by atoms with Gasteiger partial charge >= 0.3 is 0 Å². The Balaban J connectivity index is 1.77. The van der Waals surface area contributed by atoms with Crippen molar-refractivity contribution in [2.75, 3.05) is 0 Å². The summed E-state index contributed by atoms with van der Waals surface area (Å²) < 4.78 is 6.09. The van der Waals surface area contributed by atoms with Crippen LogP contribution in [0.1, 0.15) is 49.9 Å². The van der Waals surface area contributed by atoms with Crippen LogP contribution < -0.4 is 15.6 Å². The molecule has 3 heterocycles. The number of halogens is 1. The van der Waals surface area contributed by atoms with Crippen LogP contribution in [0.4, 0.5) is 0 Å². The van der Waals surface area contributed by atoms with Crippen molar-refractivity contribution in [1.29, 1.82) is 0 Å². The van der Waals surface area contributed by atoms with E-state index in [0.29, 0.717) is 12.1 Å². The first-order valence-corrected chi connectivity index (χ1v) is 9.91. The van der Waals surface area contributed by atoms with Gasteiger partial charge in [0.2, 0.25) is 5.91 Å². The number of amides is 1. The topological polar surface area (TPSA) is 71.2 Å². The first-order valence-electron chi connectivity index (χ1n) is 9.53. The Morgan fingerprint density at radius 2 is 2.04 bits per heavy atom. The van der Waals surface area contributed by atoms with Crippen molar-refractivity contribution < 1.29 is 9.53 Å². The second kappa shape index (κ2) is 7.13. The molecule has 2 aliphatic rings. The van der Waals surface area contributed by atoms with Gasteiger partial charge in [0.15, 0.2) is 0 Å². The largest absolute Gasteiger partial charge is 0.488 e. The highest BCUT2D eigenvalue weighted by Gasteiger charge is 2.27. The Bertz CT molecular complexity index is 1020. The van der Waals surface area contributed by atoms with E-state index in [0.717, 1.165) is 41.7 Å². The van der Waals surface area contributed by atoms with E-state index in [9.17, 15) is 9.59 Å². The van der Waals surface area contributed by atoms with E-state index in [2.05, 4.69) is 30.2 Å². The maximum Gasteiger partial charge on any atom is 0.267 e. The van der Waals surface area contributed by atoms with Gasteiger partial charge in [0.05, 0.1) is 0 Å². The van der Waals surface area contributed by atoms with Gasteiger partial charge < -0.3 is 15.0 Å². The minimum absolute atomic E-state index is 0.0475. The van der Waals surface area contributed by atoms with Gasteiger partial charge in [-0.1, -0.05) is 23.7 Å². The summed E-state index contributed by atoms with van der Waals surface area (Å²) in [4.78, 5) is 26.5. The number of hydrogen-bond acceptors (Lipinski definition) is 3. The Kier molecular flexibility index (Phi) is 4.79. The number of aryl methyl sites for hydroxylation is 1. The zero-order chi connectivity index (χ0) is 19.9. The Morgan fingerprint density at radius 3 is 2.75 bits per heavy atom. The van der Waals surface area contributed by atoms with E-state index in [1.54, 1.807) is 12.1 Å². The highest BCUT2D eigenvalue weighted by molar-refractivity contribution is 6.30. The summed E-state index contributed by atoms with van der Waals surface area (Å²) in [5.74, 6) is 0.949. The van der Waals surface area contributed by atoms with Crippen LogP contribution in [0, 0.1) is 0 Å². The number of aromatic nitrogens is 1. The van der Waals surface area contributed by atoms with E-state index >= 15 is 0 Å². The fraction of sp³-hybridized carbons (Fsp3) is 0.364. The van der Waals surface area contributed by atoms with E-state index in [4.69, 9.17) is 16.3 Å². The summed E-state index contributed by atoms with van der Waals surface area (Å²) in [6, 6.07) is 9.43. The molecule has 1 saturated heterocycles. The van der Waals surface area contributed by atoms with Crippen molar-refractivity contribution in [2.45, 2.75) is 51.2 Å². The smallest absolute Gasteiger partial charge is 0.267 e. The first kappa shape index (κ1) is 18.8. The molecule has 28 heavy (non-hydrogen) atoms. The molecule has 0 bridgehead atoms. The summed E-state index contributed by atoms with van der Waals surface area (Å²) in [6.45, 7) is 4.19. The summed E-state index contributed by atoms with van der Waals surface area (Å²) in [6.07, 6.45) is 5.14. The standard InChI is InChI=1S/C22H23ClN2O3/c1-22(2)10-9-14-11-13(3-7-19(14)28-22)16(12-15-4-8-20(26)24-15)18-6-5-17(23)21(27)25-18/h3,5-7,11-12,15H,4,8-10H2,1-2H3,(H,24,26)(H,25,27)/b16-12-/t15-/m1/s1. The highest BCUT2D eigenvalue weighted by atomic mass is 35.5. The molecule has 1 aromatic heterocycles. The number of hydrogen-bond donors (Lipinski definition) is 2. The fourth-order valence-corrected chi connectivity index (χ4v) is 3.85. The summed E-state index contributed by atoms with van der Waals surface area (Å²) in [5.41, 5.74) is 3.17. The molecular weight excluding hydrogens is 376 g/mol. The monoisotopic (exact) mass is 398 g/mol. The zero-order valence-electron chi connectivity index (χ0n) is 16.0. The lowest BCUT2D eigenvalue weighted by atomic mass is 9.91. The van der Waals surface area contributed by atoms with Crippen LogP contribution in [-0.2, 0) is 11.2 Å². The molecule has 4 rings (SSSR count). The molecule has 0 unspecified atom stereocenters. The lowest BCUT2D eigenvalue weighted by molar-refractivity contribution is -0.119. The fourth-order valence-electron chi connectivity index (χ4n) is 3.74. The number of H-pyrrole nitrogens is 1. The third-order valence-corrected chi connectivity index (χ3v) is 5.60. The molecule has 0 aliphatic carbocycles. The molecule has 0 saturated carbocycles. The minimum atomic E-state index is -0.330. The quantitative estimate of drug-likeness (QED) is 0.825. The number of carbonyl (C=O) groups is 1. The van der Waals surface area contributed by atoms with Crippen molar-refractivity contribution in [1.82, 2.24) is 10.3 Å². The average Bonchev–Trinajstić information content (AvgIpc) is 3.06. The average molecular weight is 399 g/mol. The van der Waals surface area contributed by atoms with Crippen LogP contribution in [0.3, 0.4) is 0 Å². The number of benzene rings is 1. The normalized spacial score (nSPS) is 21.0. The summed E-state index contributed by atoms with van der Waals surface area (Å²) in [5, 5.41) is 3.12. The van der Waals surface area contributed by atoms with Crippen LogP contribution in [0.25, 0.3) is 5.57 Å². The molecule has 1 fully saturated rings. The first-order chi connectivity index (χ1) is 13.3. The molecule has 2 N–H and O–H groups in total. The molecular formula is C22H23ClN2O3. The van der Waals surface area contributed by atoms with Gasteiger partial charge in [-0.25, -0.2) is 0 Å². The Morgan fingerprint density at radius 1 is 1.21 bits per heavy atom. The van der Waals surface area contributed by atoms with Crippen LogP contribution >= 0.6 is 11.6 Å². The van der Waals surface area contributed by atoms with Gasteiger partial charge in [-0.05, 0) is 68.5 Å². The number of nitrogens with one attached hydrogen (secondary N) is 2. The number of aromatic amines is 1. The number of fused-ring (bicyclic) bond motifs is 1. The van der Waals surface area contributed by atoms with Gasteiger partial charge in [0, 0.05) is 23.7 Å². The van der Waals surface area contributed by atoms with Crippen LogP contribution in [0.2, 0.25) is 5.02 Å². The van der Waals surface area contributed by atoms with Gasteiger partial charge in [-0.3, -0.25) is 9.59 Å². The molecule has 2 aromatic rings. The number of carbonyl (C=O) groups excluding carboxylic acids is 1. The molecule has 0 radical (unpaired) electrons. The van der Waals surface area contributed by atoms with Gasteiger partial charge in [-0.2, -0.15) is 0 Å². The SMILES string of the molecule is CC1(C)CCc2cc(/C(=C/[C@H]3CCC(=O)N3)c3ccc(Cl)c(=O)[nH]3)ccc2O1. The van der Waals surface area contributed by atoms with Crippen molar-refractivity contribution in [3.8, 4) is 5.75 Å². The molecule has 146 valence electrons. The number of pyridine rings is 1. The molecule has 0 spiro atoms. The van der Waals surface area contributed by atoms with Gasteiger partial charge in [0.1, 0.15) is 16.4 Å². The predicted molar refractivity (Wildman–Crippen MR) is 110 cm³/mol. The van der Waals surface area contributed by atoms with Gasteiger partial charge in [0.25, 0.3) is 5.56 Å². The maximum atomic E-state index is 12.1. The molecule has 1 amide bonds. The van der Waals surface area contributed by atoms with E-state index in [1.165, 1.54) is 0 Å². The van der Waals surface area contributed by atoms with Crippen LogP contribution in [0.5, 0.6) is 5.75 Å². The highest BCUT2D eigenvalue weighted by Crippen LogP contribution is 2.36. The maximum absolute atomic E-state index is 12.1. The molecule has 6 heteroatoms. The molecule has 2 aliphatic heterocycles. The van der Waals surface area contributed by atoms with E-state index in [1.807, 2.05) is 18.2 Å². The number of ether oxygens (including phenoxy) is 1. The third kappa shape index (κ3) is 3.85. The van der Waals surface area contributed by atoms with Crippen molar-refractivity contribution in [2.24, 2.45) is 0 Å². The van der Waals surface area contributed by atoms with Gasteiger partial charge in [-0.15, -0.1) is 0 Å². The second-order valence-electron chi connectivity index (χ2n) is 8.03. The molecule has 1 aromatic carbocycles. The lowest BCUT2D eigenvalue weighted by Crippen LogP contribution is -2.32. The van der Waals surface area contributed by atoms with Crippen LogP contribution in [0.15, 0.2) is 41.2 Å². The Hall–Kier alpha value is -2.53. The van der Waals surface area contributed by atoms with Crippen LogP contribution in [-0.4, -0.2) is 22.5 Å². The van der Waals surface area contributed by atoms with Crippen molar-refractivity contribution in [3.63, 3.8) is 0 Å².